The van der Waals surface area contributed by atoms with Crippen molar-refractivity contribution in [3.8, 4) is 11.1 Å². The van der Waals surface area contributed by atoms with Crippen molar-refractivity contribution in [2.45, 2.75) is 38.8 Å². The Labute approximate surface area is 200 Å². The van der Waals surface area contributed by atoms with Crippen molar-refractivity contribution in [3.05, 3.63) is 59.7 Å². The molecule has 0 saturated carbocycles. The predicted molar refractivity (Wildman–Crippen MR) is 130 cm³/mol. The average Bonchev–Trinajstić information content (AvgIpc) is 3.08. The van der Waals surface area contributed by atoms with E-state index in [1.54, 1.807) is 39.8 Å². The first-order valence-electron chi connectivity index (χ1n) is 11.3. The zero-order chi connectivity index (χ0) is 25.0. The second-order valence-corrected chi connectivity index (χ2v) is 9.93. The fourth-order valence-electron chi connectivity index (χ4n) is 4.23. The summed E-state index contributed by atoms with van der Waals surface area (Å²) in [6.07, 6.45) is -0.730. The zero-order valence-electron chi connectivity index (χ0n) is 20.3. The van der Waals surface area contributed by atoms with Gasteiger partial charge in [-0.3, -0.25) is 4.79 Å². The minimum absolute atomic E-state index is 0.100. The van der Waals surface area contributed by atoms with E-state index in [2.05, 4.69) is 22.8 Å². The average molecular weight is 468 g/mol. The van der Waals surface area contributed by atoms with Crippen LogP contribution in [-0.4, -0.2) is 67.3 Å². The Kier molecular flexibility index (Phi) is 7.61. The van der Waals surface area contributed by atoms with Gasteiger partial charge in [0.15, 0.2) is 0 Å². The molecule has 8 nitrogen and oxygen atoms in total. The first-order valence-corrected chi connectivity index (χ1v) is 11.3. The van der Waals surface area contributed by atoms with Gasteiger partial charge in [-0.05, 0) is 41.8 Å². The summed E-state index contributed by atoms with van der Waals surface area (Å²) in [5, 5.41) is 14.7. The third-order valence-electron chi connectivity index (χ3n) is 5.90. The second kappa shape index (κ2) is 10.3. The van der Waals surface area contributed by atoms with E-state index in [0.29, 0.717) is 0 Å². The van der Waals surface area contributed by atoms with Crippen molar-refractivity contribution in [1.29, 1.82) is 0 Å². The summed E-state index contributed by atoms with van der Waals surface area (Å²) >= 11 is 0. The Hall–Kier alpha value is -3.39. The molecule has 2 atom stereocenters. The Morgan fingerprint density at radius 2 is 1.50 bits per heavy atom. The Morgan fingerprint density at radius 3 is 1.97 bits per heavy atom. The molecule has 2 aromatic rings. The van der Waals surface area contributed by atoms with Crippen molar-refractivity contribution < 1.29 is 24.2 Å². The van der Waals surface area contributed by atoms with Gasteiger partial charge < -0.3 is 25.4 Å². The van der Waals surface area contributed by atoms with Gasteiger partial charge in [0.25, 0.3) is 0 Å². The van der Waals surface area contributed by atoms with E-state index in [9.17, 15) is 19.5 Å². The van der Waals surface area contributed by atoms with Crippen molar-refractivity contribution in [2.75, 3.05) is 27.2 Å². The largest absolute Gasteiger partial charge is 0.480 e. The maximum atomic E-state index is 12.9. The summed E-state index contributed by atoms with van der Waals surface area (Å²) in [6.45, 7) is 5.49. The number of ether oxygens (including phenoxy) is 1. The number of rotatable bonds is 8. The van der Waals surface area contributed by atoms with Gasteiger partial charge in [0, 0.05) is 12.5 Å². The van der Waals surface area contributed by atoms with Gasteiger partial charge in [-0.2, -0.15) is 0 Å². The second-order valence-electron chi connectivity index (χ2n) is 9.93. The molecular formula is C26H33N3O5. The number of fused-ring (bicyclic) bond motifs is 3. The molecule has 0 aliphatic heterocycles. The standard InChI is InChI=1S/C26H33N3O5/c1-26(2,3)22(24(31)32)28-23(30)21(14-29(4)5)27-25(33)34-15-20-18-12-8-6-10-16(18)17-11-7-9-13-19(17)20/h6-13,20-22H,14-15H2,1-5H3,(H,27,33)(H,28,30)(H,31,32)/t21?,22-/m1/s1. The number of carboxylic acids is 1. The molecule has 34 heavy (non-hydrogen) atoms. The quantitative estimate of drug-likeness (QED) is 0.551. The molecule has 3 rings (SSSR count). The SMILES string of the molecule is CN(C)CC(NC(=O)OCC1c2ccccc2-c2ccccc21)C(=O)N[C@H](C(=O)O)C(C)(C)C. The Balaban J connectivity index is 1.69. The molecule has 1 unspecified atom stereocenters. The van der Waals surface area contributed by atoms with Gasteiger partial charge in [-0.25, -0.2) is 9.59 Å². The topological polar surface area (TPSA) is 108 Å². The normalized spacial score (nSPS) is 14.6. The van der Waals surface area contributed by atoms with Crippen LogP contribution in [0.1, 0.15) is 37.8 Å². The summed E-state index contributed by atoms with van der Waals surface area (Å²) < 4.78 is 5.56. The molecule has 2 amide bonds. The lowest BCUT2D eigenvalue weighted by molar-refractivity contribution is -0.145. The first-order chi connectivity index (χ1) is 16.0. The lowest BCUT2D eigenvalue weighted by Gasteiger charge is -2.30. The van der Waals surface area contributed by atoms with Crippen LogP contribution in [-0.2, 0) is 14.3 Å². The molecule has 0 fully saturated rings. The van der Waals surface area contributed by atoms with Crippen LogP contribution in [0, 0.1) is 5.41 Å². The zero-order valence-corrected chi connectivity index (χ0v) is 20.3. The minimum atomic E-state index is -1.13. The molecule has 0 aromatic heterocycles. The van der Waals surface area contributed by atoms with Gasteiger partial charge >= 0.3 is 12.1 Å². The molecule has 2 aromatic carbocycles. The predicted octanol–water partition coefficient (Wildman–Crippen LogP) is 3.07. The number of alkyl carbamates (subject to hydrolysis) is 1. The Morgan fingerprint density at radius 1 is 0.971 bits per heavy atom. The number of nitrogens with one attached hydrogen (secondary N) is 2. The molecule has 1 aliphatic rings. The monoisotopic (exact) mass is 467 g/mol. The van der Waals surface area contributed by atoms with Gasteiger partial charge in [0.2, 0.25) is 5.91 Å². The molecule has 0 radical (unpaired) electrons. The van der Waals surface area contributed by atoms with Crippen LogP contribution in [0.5, 0.6) is 0 Å². The molecule has 0 saturated heterocycles. The highest BCUT2D eigenvalue weighted by Crippen LogP contribution is 2.44. The Bertz CT molecular complexity index is 1010. The molecule has 3 N–H and O–H groups in total. The van der Waals surface area contributed by atoms with Crippen molar-refractivity contribution in [3.63, 3.8) is 0 Å². The fourth-order valence-corrected chi connectivity index (χ4v) is 4.23. The number of nitrogens with zero attached hydrogens (tertiary/aromatic N) is 1. The maximum Gasteiger partial charge on any atom is 0.407 e. The summed E-state index contributed by atoms with van der Waals surface area (Å²) in [6, 6.07) is 14.0. The van der Waals surface area contributed by atoms with Crippen LogP contribution in [0.25, 0.3) is 11.1 Å². The lowest BCUT2D eigenvalue weighted by atomic mass is 9.86. The van der Waals surface area contributed by atoms with Crippen molar-refractivity contribution >= 4 is 18.0 Å². The highest BCUT2D eigenvalue weighted by Gasteiger charge is 2.35. The van der Waals surface area contributed by atoms with Crippen molar-refractivity contribution in [2.24, 2.45) is 5.41 Å². The van der Waals surface area contributed by atoms with E-state index in [0.717, 1.165) is 22.3 Å². The smallest absolute Gasteiger partial charge is 0.407 e. The number of carbonyl (C=O) groups is 3. The van der Waals surface area contributed by atoms with Crippen LogP contribution in [0.2, 0.25) is 0 Å². The lowest BCUT2D eigenvalue weighted by Crippen LogP contribution is -2.57. The summed E-state index contributed by atoms with van der Waals surface area (Å²) in [5.41, 5.74) is 3.73. The third kappa shape index (κ3) is 5.75. The maximum absolute atomic E-state index is 12.9. The highest BCUT2D eigenvalue weighted by molar-refractivity contribution is 5.89. The van der Waals surface area contributed by atoms with Gasteiger partial charge in [-0.15, -0.1) is 0 Å². The van der Waals surface area contributed by atoms with E-state index in [4.69, 9.17) is 4.74 Å². The molecule has 0 heterocycles. The number of hydrogen-bond donors (Lipinski definition) is 3. The molecule has 0 bridgehead atoms. The highest BCUT2D eigenvalue weighted by atomic mass is 16.5. The van der Waals surface area contributed by atoms with Crippen LogP contribution in [0.15, 0.2) is 48.5 Å². The number of likely N-dealkylation sites (N-methyl/N-ethyl adjacent to an activating group) is 1. The van der Waals surface area contributed by atoms with E-state index in [-0.39, 0.29) is 19.1 Å². The fraction of sp³-hybridized carbons (Fsp3) is 0.423. The van der Waals surface area contributed by atoms with E-state index in [1.807, 2.05) is 36.4 Å². The van der Waals surface area contributed by atoms with Crippen molar-refractivity contribution in [1.82, 2.24) is 15.5 Å². The molecule has 0 spiro atoms. The van der Waals surface area contributed by atoms with E-state index < -0.39 is 35.5 Å². The third-order valence-corrected chi connectivity index (χ3v) is 5.90. The summed E-state index contributed by atoms with van der Waals surface area (Å²) in [4.78, 5) is 39.0. The molecular weight excluding hydrogens is 434 g/mol. The van der Waals surface area contributed by atoms with Gasteiger partial charge in [-0.1, -0.05) is 69.3 Å². The van der Waals surface area contributed by atoms with Crippen LogP contribution in [0.3, 0.4) is 0 Å². The van der Waals surface area contributed by atoms with E-state index in [1.165, 1.54) is 0 Å². The molecule has 8 heteroatoms. The molecule has 1 aliphatic carbocycles. The number of amides is 2. The number of hydrogen-bond acceptors (Lipinski definition) is 5. The number of aliphatic carboxylic acids is 1. The number of benzene rings is 2. The minimum Gasteiger partial charge on any atom is -0.480 e. The van der Waals surface area contributed by atoms with E-state index >= 15 is 0 Å². The van der Waals surface area contributed by atoms with Crippen LogP contribution >= 0.6 is 0 Å². The van der Waals surface area contributed by atoms with Crippen LogP contribution in [0.4, 0.5) is 4.79 Å². The van der Waals surface area contributed by atoms with Gasteiger partial charge in [0.1, 0.15) is 18.7 Å². The van der Waals surface area contributed by atoms with Gasteiger partial charge in [0.05, 0.1) is 0 Å². The first kappa shape index (κ1) is 25.2. The summed E-state index contributed by atoms with van der Waals surface area (Å²) in [5.74, 6) is -1.81. The van der Waals surface area contributed by atoms with Crippen LogP contribution < -0.4 is 10.6 Å². The molecule has 182 valence electrons. The number of carboxylic acid groups (broad SMARTS) is 1. The number of carbonyl (C=O) groups excluding carboxylic acids is 2. The summed E-state index contributed by atoms with van der Waals surface area (Å²) in [7, 11) is 3.52.